The Hall–Kier alpha value is -2.45. The number of benzene rings is 2. The number of fused-ring (bicyclic) bond motifs is 1. The molecular formula is C18H13Cl2F3N2O3. The lowest BCUT2D eigenvalue weighted by Gasteiger charge is -2.31. The molecule has 1 atom stereocenters. The van der Waals surface area contributed by atoms with E-state index in [0.29, 0.717) is 4.90 Å². The second-order valence-corrected chi connectivity index (χ2v) is 6.80. The van der Waals surface area contributed by atoms with Crippen molar-refractivity contribution < 1.29 is 27.5 Å². The molecule has 1 aliphatic heterocycles. The molecule has 148 valence electrons. The molecule has 0 radical (unpaired) electrons. The predicted octanol–water partition coefficient (Wildman–Crippen LogP) is 4.68. The van der Waals surface area contributed by atoms with E-state index in [2.05, 4.69) is 5.32 Å². The first kappa shape index (κ1) is 20.3. The van der Waals surface area contributed by atoms with Gasteiger partial charge in [-0.05, 0) is 24.3 Å². The number of hydrogen-bond acceptors (Lipinski definition) is 3. The van der Waals surface area contributed by atoms with Gasteiger partial charge in [-0.2, -0.15) is 13.2 Å². The third kappa shape index (κ3) is 4.34. The maximum Gasteiger partial charge on any atom is 0.409 e. The van der Waals surface area contributed by atoms with Gasteiger partial charge in [-0.1, -0.05) is 35.3 Å². The van der Waals surface area contributed by atoms with Crippen molar-refractivity contribution in [2.45, 2.75) is 18.6 Å². The largest absolute Gasteiger partial charge is 0.482 e. The van der Waals surface area contributed by atoms with Gasteiger partial charge in [0, 0.05) is 11.1 Å². The summed E-state index contributed by atoms with van der Waals surface area (Å²) >= 11 is 11.8. The highest BCUT2D eigenvalue weighted by Crippen LogP contribution is 2.38. The van der Waals surface area contributed by atoms with E-state index in [1.54, 1.807) is 0 Å². The molecule has 0 bridgehead atoms. The summed E-state index contributed by atoms with van der Waals surface area (Å²) in [5, 5.41) is 2.83. The highest BCUT2D eigenvalue weighted by atomic mass is 35.5. The van der Waals surface area contributed by atoms with Crippen LogP contribution in [-0.2, 0) is 9.59 Å². The first-order valence-corrected chi connectivity index (χ1v) is 8.78. The van der Waals surface area contributed by atoms with E-state index in [-0.39, 0.29) is 27.2 Å². The summed E-state index contributed by atoms with van der Waals surface area (Å²) in [6, 6.07) is 7.70. The number of alkyl halides is 3. The van der Waals surface area contributed by atoms with Gasteiger partial charge < -0.3 is 10.1 Å². The molecule has 1 unspecified atom stereocenters. The molecule has 0 aliphatic carbocycles. The normalized spacial score (nSPS) is 16.8. The summed E-state index contributed by atoms with van der Waals surface area (Å²) in [7, 11) is 0. The number of amides is 2. The second-order valence-electron chi connectivity index (χ2n) is 5.95. The fourth-order valence-corrected chi connectivity index (χ4v) is 3.13. The molecule has 2 amide bonds. The predicted molar refractivity (Wildman–Crippen MR) is 99.0 cm³/mol. The molecule has 2 aromatic carbocycles. The van der Waals surface area contributed by atoms with Gasteiger partial charge in [0.15, 0.2) is 6.61 Å². The number of nitrogens with zero attached hydrogens (tertiary/aromatic N) is 1. The summed E-state index contributed by atoms with van der Waals surface area (Å²) in [6.07, 6.45) is -5.75. The minimum absolute atomic E-state index is 0.0587. The minimum atomic E-state index is -4.82. The van der Waals surface area contributed by atoms with Crippen molar-refractivity contribution in [3.05, 3.63) is 52.5 Å². The maximum absolute atomic E-state index is 13.6. The second kappa shape index (κ2) is 7.89. The third-order valence-corrected chi connectivity index (χ3v) is 4.57. The van der Waals surface area contributed by atoms with E-state index in [9.17, 15) is 22.8 Å². The van der Waals surface area contributed by atoms with Gasteiger partial charge in [-0.25, -0.2) is 0 Å². The van der Waals surface area contributed by atoms with Crippen LogP contribution in [-0.4, -0.2) is 30.6 Å². The smallest absolute Gasteiger partial charge is 0.409 e. The monoisotopic (exact) mass is 432 g/mol. The Morgan fingerprint density at radius 1 is 1.21 bits per heavy atom. The molecular weight excluding hydrogens is 420 g/mol. The zero-order valence-corrected chi connectivity index (χ0v) is 15.6. The molecule has 1 aliphatic rings. The van der Waals surface area contributed by atoms with Crippen molar-refractivity contribution in [2.75, 3.05) is 16.8 Å². The van der Waals surface area contributed by atoms with Crippen molar-refractivity contribution in [1.82, 2.24) is 0 Å². The first-order valence-electron chi connectivity index (χ1n) is 8.02. The van der Waals surface area contributed by atoms with Crippen LogP contribution >= 0.6 is 23.2 Å². The van der Waals surface area contributed by atoms with E-state index in [1.807, 2.05) is 0 Å². The van der Waals surface area contributed by atoms with Crippen molar-refractivity contribution in [2.24, 2.45) is 0 Å². The Balaban J connectivity index is 1.94. The summed E-state index contributed by atoms with van der Waals surface area (Å²) < 4.78 is 46.2. The van der Waals surface area contributed by atoms with Crippen LogP contribution in [0.25, 0.3) is 0 Å². The molecule has 0 saturated heterocycles. The molecule has 5 nitrogen and oxygen atoms in total. The molecule has 0 fully saturated rings. The summed E-state index contributed by atoms with van der Waals surface area (Å²) in [5.74, 6) is -1.77. The number of para-hydroxylation sites is 2. The maximum atomic E-state index is 13.6. The molecule has 28 heavy (non-hydrogen) atoms. The van der Waals surface area contributed by atoms with Crippen LogP contribution in [0, 0.1) is 0 Å². The van der Waals surface area contributed by atoms with Crippen molar-refractivity contribution in [1.29, 1.82) is 0 Å². The minimum Gasteiger partial charge on any atom is -0.482 e. The number of rotatable bonds is 3. The quantitative estimate of drug-likeness (QED) is 0.765. The van der Waals surface area contributed by atoms with E-state index in [4.69, 9.17) is 27.9 Å². The van der Waals surface area contributed by atoms with E-state index < -0.39 is 37.1 Å². The third-order valence-electron chi connectivity index (χ3n) is 4.02. The number of carbonyl (C=O) groups excluding carboxylic acids is 2. The molecule has 1 N–H and O–H groups in total. The van der Waals surface area contributed by atoms with Crippen LogP contribution in [0.5, 0.6) is 5.75 Å². The van der Waals surface area contributed by atoms with Crippen LogP contribution < -0.4 is 15.0 Å². The molecule has 2 aromatic rings. The summed E-state index contributed by atoms with van der Waals surface area (Å²) in [6.45, 7) is -0.727. The average molecular weight is 433 g/mol. The number of nitrogens with one attached hydrogen (secondary N) is 1. The van der Waals surface area contributed by atoms with Crippen LogP contribution in [0.1, 0.15) is 6.42 Å². The molecule has 1 heterocycles. The Kier molecular flexibility index (Phi) is 5.71. The topological polar surface area (TPSA) is 58.6 Å². The van der Waals surface area contributed by atoms with Crippen molar-refractivity contribution in [3.8, 4) is 5.75 Å². The fraction of sp³-hybridized carbons (Fsp3) is 0.222. The lowest BCUT2D eigenvalue weighted by atomic mass is 10.1. The van der Waals surface area contributed by atoms with Gasteiger partial charge in [0.25, 0.3) is 5.91 Å². The number of hydrogen-bond donors (Lipinski definition) is 1. The Morgan fingerprint density at radius 2 is 1.93 bits per heavy atom. The Bertz CT molecular complexity index is 921. The van der Waals surface area contributed by atoms with Crippen LogP contribution in [0.15, 0.2) is 42.5 Å². The zero-order chi connectivity index (χ0) is 20.5. The van der Waals surface area contributed by atoms with Crippen molar-refractivity contribution >= 4 is 46.4 Å². The molecule has 0 aromatic heterocycles. The highest BCUT2D eigenvalue weighted by Gasteiger charge is 2.49. The average Bonchev–Trinajstić information content (AvgIpc) is 2.77. The van der Waals surface area contributed by atoms with Crippen molar-refractivity contribution in [3.63, 3.8) is 0 Å². The number of anilines is 2. The van der Waals surface area contributed by atoms with E-state index in [0.717, 1.165) is 0 Å². The summed E-state index contributed by atoms with van der Waals surface area (Å²) in [4.78, 5) is 25.2. The number of carbonyl (C=O) groups is 2. The van der Waals surface area contributed by atoms with Crippen LogP contribution in [0.3, 0.4) is 0 Å². The van der Waals surface area contributed by atoms with Crippen LogP contribution in [0.4, 0.5) is 24.5 Å². The van der Waals surface area contributed by atoms with Gasteiger partial charge in [0.1, 0.15) is 11.8 Å². The van der Waals surface area contributed by atoms with E-state index in [1.165, 1.54) is 42.5 Å². The Labute approximate surface area is 168 Å². The van der Waals surface area contributed by atoms with Crippen LogP contribution in [0.2, 0.25) is 10.0 Å². The van der Waals surface area contributed by atoms with Gasteiger partial charge in [0.2, 0.25) is 5.91 Å². The van der Waals surface area contributed by atoms with Gasteiger partial charge in [-0.15, -0.1) is 0 Å². The summed E-state index contributed by atoms with van der Waals surface area (Å²) in [5.41, 5.74) is 0.0369. The number of halogens is 5. The molecule has 3 rings (SSSR count). The molecule has 10 heteroatoms. The zero-order valence-electron chi connectivity index (χ0n) is 14.1. The Morgan fingerprint density at radius 3 is 2.64 bits per heavy atom. The first-order chi connectivity index (χ1) is 13.2. The number of ether oxygens (including phenoxy) is 1. The fourth-order valence-electron chi connectivity index (χ4n) is 2.79. The molecule has 0 spiro atoms. The van der Waals surface area contributed by atoms with Gasteiger partial charge >= 0.3 is 6.18 Å². The van der Waals surface area contributed by atoms with E-state index >= 15 is 0 Å². The van der Waals surface area contributed by atoms with Gasteiger partial charge in [0.05, 0.1) is 22.8 Å². The lowest BCUT2D eigenvalue weighted by molar-refractivity contribution is -0.158. The highest BCUT2D eigenvalue weighted by molar-refractivity contribution is 6.34. The molecule has 0 saturated carbocycles. The lowest BCUT2D eigenvalue weighted by Crippen LogP contribution is -2.51. The standard InChI is InChI=1S/C18H13Cl2F3N2O3/c19-10-5-6-11(20)14(7-10)28-9-17(27)25-13-4-2-1-3-12(13)24-16(26)8-15(25)18(21,22)23/h1-7,15H,8-9H2,(H,24,26). The SMILES string of the molecule is O=C1CC(C(F)(F)F)N(C(=O)COc2cc(Cl)ccc2Cl)c2ccccc2N1. The van der Waals surface area contributed by atoms with Gasteiger partial charge in [-0.3, -0.25) is 14.5 Å².